The molecule has 1 saturated heterocycles. The van der Waals surface area contributed by atoms with Gasteiger partial charge in [0, 0.05) is 19.0 Å². The van der Waals surface area contributed by atoms with Gasteiger partial charge in [-0.25, -0.2) is 17.9 Å². The van der Waals surface area contributed by atoms with Crippen LogP contribution in [0.25, 0.3) is 0 Å². The van der Waals surface area contributed by atoms with Gasteiger partial charge in [-0.15, -0.1) is 11.3 Å². The van der Waals surface area contributed by atoms with Crippen LogP contribution < -0.4 is 15.8 Å². The van der Waals surface area contributed by atoms with Gasteiger partial charge in [0.25, 0.3) is 5.91 Å². The van der Waals surface area contributed by atoms with Crippen molar-refractivity contribution in [3.8, 4) is 0 Å². The number of hydrogen-bond donors (Lipinski definition) is 6. The molecule has 0 radical (unpaired) electrons. The maximum atomic E-state index is 13.3. The number of likely N-dealkylation sites (tertiary alicyclic amines) is 1. The maximum absolute atomic E-state index is 13.3. The summed E-state index contributed by atoms with van der Waals surface area (Å²) in [6, 6.07) is 8.22. The number of aliphatic hydroxyl groups excluding tert-OH is 2. The lowest BCUT2D eigenvalue weighted by Gasteiger charge is -2.40. The topological polar surface area (TPSA) is 216 Å². The van der Waals surface area contributed by atoms with E-state index in [1.165, 1.54) is 6.07 Å². The van der Waals surface area contributed by atoms with Crippen molar-refractivity contribution >= 4 is 45.1 Å². The highest BCUT2D eigenvalue weighted by atomic mass is 32.2. The normalized spacial score (nSPS) is 20.2. The number of rotatable bonds is 11. The minimum Gasteiger partial charge on any atom is -0.479 e. The number of carboxylic acids is 1. The first kappa shape index (κ1) is 29.2. The smallest absolute Gasteiger partial charge is 0.335 e. The molecule has 0 bridgehead atoms. The standard InChI is InChI=1S/C23H28N4O9S2/c24-20(30)15(11-13-5-2-1-3-6-13)25-21(31)16-12-14(26-38(35,36)17-7-4-10-37-17)8-9-27(16)22(32)18(28)19(29)23(33)34/h1-7,10,14-16,18-19,26,28-29H,8-9,11-12H2,(H2,24,30)(H,25,31)(H,33,34). The number of nitrogens with two attached hydrogens (primary N) is 1. The number of carbonyl (C=O) groups excluding carboxylic acids is 3. The van der Waals surface area contributed by atoms with Gasteiger partial charge in [0.2, 0.25) is 21.8 Å². The molecule has 206 valence electrons. The summed E-state index contributed by atoms with van der Waals surface area (Å²) in [6.07, 6.45) is -5.01. The zero-order valence-corrected chi connectivity index (χ0v) is 21.6. The maximum Gasteiger partial charge on any atom is 0.335 e. The number of carbonyl (C=O) groups is 4. The monoisotopic (exact) mass is 568 g/mol. The minimum absolute atomic E-state index is 0.0271. The Balaban J connectivity index is 1.84. The molecule has 1 fully saturated rings. The second-order valence-electron chi connectivity index (χ2n) is 8.70. The number of amides is 3. The molecule has 5 unspecified atom stereocenters. The van der Waals surface area contributed by atoms with Gasteiger partial charge in [-0.3, -0.25) is 14.4 Å². The van der Waals surface area contributed by atoms with Crippen LogP contribution in [0.3, 0.4) is 0 Å². The summed E-state index contributed by atoms with van der Waals surface area (Å²) < 4.78 is 28.0. The molecule has 3 amide bonds. The van der Waals surface area contributed by atoms with Crippen molar-refractivity contribution in [1.29, 1.82) is 0 Å². The van der Waals surface area contributed by atoms with E-state index >= 15 is 0 Å². The molecule has 1 aliphatic rings. The molecule has 1 aromatic heterocycles. The van der Waals surface area contributed by atoms with E-state index in [2.05, 4.69) is 10.0 Å². The number of piperidine rings is 1. The van der Waals surface area contributed by atoms with Crippen molar-refractivity contribution < 1.29 is 42.9 Å². The van der Waals surface area contributed by atoms with Gasteiger partial charge in [0.15, 0.2) is 12.2 Å². The second-order valence-corrected chi connectivity index (χ2v) is 11.6. The Labute approximate surface area is 222 Å². The fourth-order valence-corrected chi connectivity index (χ4v) is 6.35. The molecular formula is C23H28N4O9S2. The highest BCUT2D eigenvalue weighted by molar-refractivity contribution is 7.91. The number of hydrogen-bond acceptors (Lipinski definition) is 9. The molecule has 13 nitrogen and oxygen atoms in total. The number of nitrogens with one attached hydrogen (secondary N) is 2. The third-order valence-electron chi connectivity index (χ3n) is 6.02. The summed E-state index contributed by atoms with van der Waals surface area (Å²) in [5.74, 6) is -4.80. The number of aliphatic hydroxyl groups is 2. The number of aliphatic carboxylic acids is 1. The molecule has 3 rings (SSSR count). The number of carboxylic acid groups (broad SMARTS) is 1. The Bertz CT molecular complexity index is 1250. The van der Waals surface area contributed by atoms with E-state index in [1.54, 1.807) is 41.8 Å². The molecule has 38 heavy (non-hydrogen) atoms. The quantitative estimate of drug-likeness (QED) is 0.184. The van der Waals surface area contributed by atoms with Crippen LogP contribution in [0.2, 0.25) is 0 Å². The van der Waals surface area contributed by atoms with Crippen LogP contribution in [0.15, 0.2) is 52.1 Å². The van der Waals surface area contributed by atoms with Gasteiger partial charge in [-0.05, 0) is 29.9 Å². The molecule has 0 spiro atoms. The second kappa shape index (κ2) is 12.4. The van der Waals surface area contributed by atoms with Crippen LogP contribution >= 0.6 is 11.3 Å². The van der Waals surface area contributed by atoms with Crippen molar-refractivity contribution in [3.05, 3.63) is 53.4 Å². The van der Waals surface area contributed by atoms with Gasteiger partial charge < -0.3 is 31.3 Å². The Morgan fingerprint density at radius 1 is 1.08 bits per heavy atom. The van der Waals surface area contributed by atoms with Crippen LogP contribution in [0.4, 0.5) is 0 Å². The number of nitrogens with zero attached hydrogens (tertiary/aromatic N) is 1. The largest absolute Gasteiger partial charge is 0.479 e. The van der Waals surface area contributed by atoms with E-state index in [-0.39, 0.29) is 30.0 Å². The number of thiophene rings is 1. The first-order chi connectivity index (χ1) is 17.9. The third kappa shape index (κ3) is 7.14. The van der Waals surface area contributed by atoms with E-state index in [0.717, 1.165) is 16.2 Å². The lowest BCUT2D eigenvalue weighted by molar-refractivity contribution is -0.165. The van der Waals surface area contributed by atoms with E-state index < -0.39 is 64.0 Å². The minimum atomic E-state index is -3.93. The van der Waals surface area contributed by atoms with Crippen LogP contribution in [0.1, 0.15) is 18.4 Å². The number of benzene rings is 1. The van der Waals surface area contributed by atoms with E-state index in [9.17, 15) is 37.8 Å². The summed E-state index contributed by atoms with van der Waals surface area (Å²) in [4.78, 5) is 50.3. The molecule has 2 aromatic rings. The average Bonchev–Trinajstić information content (AvgIpc) is 3.43. The summed E-state index contributed by atoms with van der Waals surface area (Å²) >= 11 is 0.991. The van der Waals surface area contributed by atoms with Crippen molar-refractivity contribution in [2.75, 3.05) is 6.54 Å². The highest BCUT2D eigenvalue weighted by Gasteiger charge is 2.43. The lowest BCUT2D eigenvalue weighted by Crippen LogP contribution is -2.62. The summed E-state index contributed by atoms with van der Waals surface area (Å²) in [7, 11) is -3.93. The van der Waals surface area contributed by atoms with Crippen LogP contribution in [-0.4, -0.2) is 89.2 Å². The van der Waals surface area contributed by atoms with Crippen molar-refractivity contribution in [1.82, 2.24) is 14.9 Å². The van der Waals surface area contributed by atoms with E-state index in [4.69, 9.17) is 10.8 Å². The first-order valence-electron chi connectivity index (χ1n) is 11.5. The summed E-state index contributed by atoms with van der Waals surface area (Å²) in [5.41, 5.74) is 6.17. The zero-order chi connectivity index (χ0) is 28.0. The fraction of sp³-hybridized carbons (Fsp3) is 0.391. The van der Waals surface area contributed by atoms with Crippen molar-refractivity contribution in [2.24, 2.45) is 5.73 Å². The number of primary amides is 1. The molecule has 15 heteroatoms. The van der Waals surface area contributed by atoms with Crippen molar-refractivity contribution in [3.63, 3.8) is 0 Å². The Morgan fingerprint density at radius 2 is 1.76 bits per heavy atom. The van der Waals surface area contributed by atoms with Gasteiger partial charge in [-0.2, -0.15) is 0 Å². The number of sulfonamides is 1. The van der Waals surface area contributed by atoms with E-state index in [0.29, 0.717) is 5.56 Å². The molecule has 1 aliphatic heterocycles. The SMILES string of the molecule is NC(=O)C(Cc1ccccc1)NC(=O)C1CC(NS(=O)(=O)c2cccs2)CCN1C(=O)C(O)C(O)C(=O)O. The molecule has 7 N–H and O–H groups in total. The Kier molecular flexibility index (Phi) is 9.56. The predicted octanol–water partition coefficient (Wildman–Crippen LogP) is -1.59. The van der Waals surface area contributed by atoms with Crippen molar-refractivity contribution in [2.45, 2.75) is 53.8 Å². The summed E-state index contributed by atoms with van der Waals surface area (Å²) in [5, 5.41) is 32.8. The van der Waals surface area contributed by atoms with E-state index in [1.807, 2.05) is 0 Å². The molecule has 2 heterocycles. The first-order valence-corrected chi connectivity index (χ1v) is 13.9. The molecular weight excluding hydrogens is 540 g/mol. The van der Waals surface area contributed by atoms with Gasteiger partial charge >= 0.3 is 5.97 Å². The van der Waals surface area contributed by atoms with Crippen LogP contribution in [0.5, 0.6) is 0 Å². The predicted molar refractivity (Wildman–Crippen MR) is 134 cm³/mol. The third-order valence-corrected chi connectivity index (χ3v) is 8.94. The molecule has 0 aliphatic carbocycles. The molecule has 5 atom stereocenters. The van der Waals surface area contributed by atoms with Gasteiger partial charge in [-0.1, -0.05) is 36.4 Å². The average molecular weight is 569 g/mol. The van der Waals surface area contributed by atoms with Crippen LogP contribution in [0, 0.1) is 0 Å². The molecule has 0 saturated carbocycles. The Hall–Kier alpha value is -3.37. The van der Waals surface area contributed by atoms with Gasteiger partial charge in [0.1, 0.15) is 16.3 Å². The Morgan fingerprint density at radius 3 is 2.34 bits per heavy atom. The molecule has 1 aromatic carbocycles. The highest BCUT2D eigenvalue weighted by Crippen LogP contribution is 2.23. The van der Waals surface area contributed by atoms with Gasteiger partial charge in [0.05, 0.1) is 0 Å². The lowest BCUT2D eigenvalue weighted by atomic mass is 9.95. The zero-order valence-electron chi connectivity index (χ0n) is 20.0. The fourth-order valence-electron chi connectivity index (χ4n) is 4.06. The van der Waals surface area contributed by atoms with Crippen LogP contribution in [-0.2, 0) is 35.6 Å². The summed E-state index contributed by atoms with van der Waals surface area (Å²) in [6.45, 7) is -0.252.